The standard InChI is InChI=1S/C17H25NO3/c1-4-5-6-8-13(2)18-17(20)12-21-16-10-7-9-15(11-16)14(3)19/h7,9-11,13H,4-6,8,12H2,1-3H3,(H,18,20). The van der Waals surface area contributed by atoms with E-state index in [1.165, 1.54) is 19.8 Å². The number of nitrogens with one attached hydrogen (secondary N) is 1. The van der Waals surface area contributed by atoms with Crippen molar-refractivity contribution in [3.63, 3.8) is 0 Å². The minimum absolute atomic E-state index is 0.0190. The topological polar surface area (TPSA) is 55.4 Å². The predicted molar refractivity (Wildman–Crippen MR) is 83.7 cm³/mol. The first-order valence-corrected chi connectivity index (χ1v) is 7.56. The second-order valence-corrected chi connectivity index (χ2v) is 5.34. The number of carbonyl (C=O) groups excluding carboxylic acids is 2. The van der Waals surface area contributed by atoms with Crippen LogP contribution < -0.4 is 10.1 Å². The fraction of sp³-hybridized carbons (Fsp3) is 0.529. The Morgan fingerprint density at radius 2 is 2.05 bits per heavy atom. The van der Waals surface area contributed by atoms with Gasteiger partial charge in [0, 0.05) is 11.6 Å². The van der Waals surface area contributed by atoms with Crippen molar-refractivity contribution in [3.05, 3.63) is 29.8 Å². The fourth-order valence-electron chi connectivity index (χ4n) is 2.04. The lowest BCUT2D eigenvalue weighted by Gasteiger charge is -2.14. The van der Waals surface area contributed by atoms with Crippen molar-refractivity contribution in [1.29, 1.82) is 0 Å². The molecule has 1 aromatic rings. The Morgan fingerprint density at radius 1 is 1.29 bits per heavy atom. The number of ether oxygens (including phenoxy) is 1. The summed E-state index contributed by atoms with van der Waals surface area (Å²) in [6.07, 6.45) is 4.48. The van der Waals surface area contributed by atoms with Gasteiger partial charge in [0.1, 0.15) is 5.75 Å². The Morgan fingerprint density at radius 3 is 2.71 bits per heavy atom. The molecule has 0 bridgehead atoms. The van der Waals surface area contributed by atoms with Crippen LogP contribution in [0.1, 0.15) is 56.8 Å². The minimum atomic E-state index is -0.132. The molecule has 1 unspecified atom stereocenters. The molecule has 1 rings (SSSR count). The summed E-state index contributed by atoms with van der Waals surface area (Å²) >= 11 is 0. The molecule has 0 heterocycles. The van der Waals surface area contributed by atoms with Crippen molar-refractivity contribution >= 4 is 11.7 Å². The van der Waals surface area contributed by atoms with Crippen LogP contribution in [0.4, 0.5) is 0 Å². The average molecular weight is 291 g/mol. The lowest BCUT2D eigenvalue weighted by Crippen LogP contribution is -2.36. The number of rotatable bonds is 9. The zero-order chi connectivity index (χ0) is 15.7. The van der Waals surface area contributed by atoms with E-state index < -0.39 is 0 Å². The smallest absolute Gasteiger partial charge is 0.258 e. The summed E-state index contributed by atoms with van der Waals surface area (Å²) in [4.78, 5) is 23.0. The van der Waals surface area contributed by atoms with Crippen LogP contribution in [0.3, 0.4) is 0 Å². The van der Waals surface area contributed by atoms with Gasteiger partial charge in [-0.1, -0.05) is 38.3 Å². The van der Waals surface area contributed by atoms with Gasteiger partial charge in [-0.2, -0.15) is 0 Å². The molecule has 0 spiro atoms. The zero-order valence-electron chi connectivity index (χ0n) is 13.1. The lowest BCUT2D eigenvalue weighted by atomic mass is 10.1. The summed E-state index contributed by atoms with van der Waals surface area (Å²) in [7, 11) is 0. The Kier molecular flexibility index (Phi) is 7.51. The summed E-state index contributed by atoms with van der Waals surface area (Å²) in [6, 6.07) is 7.03. The molecule has 21 heavy (non-hydrogen) atoms. The lowest BCUT2D eigenvalue weighted by molar-refractivity contribution is -0.123. The highest BCUT2D eigenvalue weighted by Gasteiger charge is 2.08. The van der Waals surface area contributed by atoms with Crippen LogP contribution in [0.15, 0.2) is 24.3 Å². The molecule has 0 saturated heterocycles. The predicted octanol–water partition coefficient (Wildman–Crippen LogP) is 3.35. The molecule has 1 amide bonds. The zero-order valence-corrected chi connectivity index (χ0v) is 13.1. The van der Waals surface area contributed by atoms with E-state index in [-0.39, 0.29) is 24.3 Å². The van der Waals surface area contributed by atoms with Crippen LogP contribution >= 0.6 is 0 Å². The number of ketones is 1. The summed E-state index contributed by atoms with van der Waals surface area (Å²) in [5, 5.41) is 2.92. The Hall–Kier alpha value is -1.84. The quantitative estimate of drug-likeness (QED) is 0.560. The van der Waals surface area contributed by atoms with Gasteiger partial charge in [-0.15, -0.1) is 0 Å². The molecule has 0 saturated carbocycles. The minimum Gasteiger partial charge on any atom is -0.484 e. The summed E-state index contributed by atoms with van der Waals surface area (Å²) < 4.78 is 5.42. The van der Waals surface area contributed by atoms with Crippen LogP contribution in [0.25, 0.3) is 0 Å². The molecular formula is C17H25NO3. The molecule has 0 aliphatic carbocycles. The highest BCUT2D eigenvalue weighted by Crippen LogP contribution is 2.13. The molecule has 1 N–H and O–H groups in total. The maximum absolute atomic E-state index is 11.8. The molecular weight excluding hydrogens is 266 g/mol. The van der Waals surface area contributed by atoms with Gasteiger partial charge in [0.05, 0.1) is 0 Å². The van der Waals surface area contributed by atoms with Crippen LogP contribution in [0.2, 0.25) is 0 Å². The first-order chi connectivity index (χ1) is 10.0. The Balaban J connectivity index is 2.35. The van der Waals surface area contributed by atoms with Gasteiger partial charge >= 0.3 is 0 Å². The summed E-state index contributed by atoms with van der Waals surface area (Å²) in [5.74, 6) is 0.387. The molecule has 0 aliphatic rings. The van der Waals surface area contributed by atoms with E-state index in [4.69, 9.17) is 4.74 Å². The third-order valence-corrected chi connectivity index (χ3v) is 3.26. The van der Waals surface area contributed by atoms with Gasteiger partial charge in [-0.3, -0.25) is 9.59 Å². The van der Waals surface area contributed by atoms with E-state index in [9.17, 15) is 9.59 Å². The normalized spacial score (nSPS) is 11.8. The maximum atomic E-state index is 11.8. The van der Waals surface area contributed by atoms with Crippen molar-refractivity contribution in [2.45, 2.75) is 52.5 Å². The van der Waals surface area contributed by atoms with Crippen LogP contribution in [-0.4, -0.2) is 24.3 Å². The van der Waals surface area contributed by atoms with Gasteiger partial charge in [-0.25, -0.2) is 0 Å². The highest BCUT2D eigenvalue weighted by atomic mass is 16.5. The molecule has 0 radical (unpaired) electrons. The van der Waals surface area contributed by atoms with Gasteiger partial charge in [0.25, 0.3) is 5.91 Å². The van der Waals surface area contributed by atoms with Crippen molar-refractivity contribution in [2.75, 3.05) is 6.61 Å². The van der Waals surface area contributed by atoms with Crippen LogP contribution in [0.5, 0.6) is 5.75 Å². The van der Waals surface area contributed by atoms with E-state index in [1.807, 2.05) is 6.92 Å². The SMILES string of the molecule is CCCCCC(C)NC(=O)COc1cccc(C(C)=O)c1. The first-order valence-electron chi connectivity index (χ1n) is 7.56. The monoisotopic (exact) mass is 291 g/mol. The van der Waals surface area contributed by atoms with Crippen molar-refractivity contribution in [1.82, 2.24) is 5.32 Å². The third-order valence-electron chi connectivity index (χ3n) is 3.26. The van der Waals surface area contributed by atoms with Gasteiger partial charge in [0.15, 0.2) is 12.4 Å². The molecule has 0 aliphatic heterocycles. The van der Waals surface area contributed by atoms with Crippen LogP contribution in [0, 0.1) is 0 Å². The van der Waals surface area contributed by atoms with Gasteiger partial charge < -0.3 is 10.1 Å². The molecule has 1 atom stereocenters. The highest BCUT2D eigenvalue weighted by molar-refractivity contribution is 5.94. The summed E-state index contributed by atoms with van der Waals surface area (Å²) in [6.45, 7) is 5.64. The second-order valence-electron chi connectivity index (χ2n) is 5.34. The molecule has 0 aromatic heterocycles. The Bertz CT molecular complexity index is 471. The number of unbranched alkanes of at least 4 members (excludes halogenated alkanes) is 2. The van der Waals surface area contributed by atoms with E-state index >= 15 is 0 Å². The molecule has 4 nitrogen and oxygen atoms in total. The largest absolute Gasteiger partial charge is 0.484 e. The fourth-order valence-corrected chi connectivity index (χ4v) is 2.04. The van der Waals surface area contributed by atoms with E-state index in [1.54, 1.807) is 24.3 Å². The van der Waals surface area contributed by atoms with Crippen molar-refractivity contribution < 1.29 is 14.3 Å². The number of carbonyl (C=O) groups is 2. The second kappa shape index (κ2) is 9.16. The molecule has 4 heteroatoms. The van der Waals surface area contributed by atoms with Gasteiger partial charge in [-0.05, 0) is 32.4 Å². The number of benzene rings is 1. The maximum Gasteiger partial charge on any atom is 0.258 e. The van der Waals surface area contributed by atoms with Crippen LogP contribution in [-0.2, 0) is 4.79 Å². The number of hydrogen-bond donors (Lipinski definition) is 1. The molecule has 116 valence electrons. The average Bonchev–Trinajstić information content (AvgIpc) is 2.45. The third kappa shape index (κ3) is 6.93. The van der Waals surface area contributed by atoms with E-state index in [0.717, 1.165) is 12.8 Å². The van der Waals surface area contributed by atoms with Gasteiger partial charge in [0.2, 0.25) is 0 Å². The number of hydrogen-bond acceptors (Lipinski definition) is 3. The van der Waals surface area contributed by atoms with Crippen molar-refractivity contribution in [3.8, 4) is 5.75 Å². The Labute approximate surface area is 126 Å². The van der Waals surface area contributed by atoms with E-state index in [2.05, 4.69) is 12.2 Å². The molecule has 1 aromatic carbocycles. The van der Waals surface area contributed by atoms with E-state index in [0.29, 0.717) is 11.3 Å². The van der Waals surface area contributed by atoms with Crippen molar-refractivity contribution in [2.24, 2.45) is 0 Å². The molecule has 0 fully saturated rings. The number of amides is 1. The first kappa shape index (κ1) is 17.2. The summed E-state index contributed by atoms with van der Waals surface area (Å²) in [5.41, 5.74) is 0.584. The number of Topliss-reactive ketones (excluding diaryl/α,β-unsaturated/α-hetero) is 1.